The lowest BCUT2D eigenvalue weighted by molar-refractivity contribution is 0.0153. The first-order valence-electron chi connectivity index (χ1n) is 8.11. The first-order chi connectivity index (χ1) is 11.0. The molecule has 1 aromatic heterocycles. The highest BCUT2D eigenvalue weighted by atomic mass is 16.5. The van der Waals surface area contributed by atoms with Gasteiger partial charge in [0.2, 0.25) is 0 Å². The summed E-state index contributed by atoms with van der Waals surface area (Å²) < 4.78 is 5.51. The van der Waals surface area contributed by atoms with Crippen LogP contribution in [0.15, 0.2) is 24.4 Å². The van der Waals surface area contributed by atoms with Crippen molar-refractivity contribution >= 4 is 16.6 Å². The van der Waals surface area contributed by atoms with Crippen LogP contribution in [0.2, 0.25) is 0 Å². The molecule has 1 N–H and O–H groups in total. The number of ether oxygens (including phenoxy) is 1. The van der Waals surface area contributed by atoms with E-state index in [1.807, 2.05) is 24.2 Å². The van der Waals surface area contributed by atoms with Gasteiger partial charge in [0.05, 0.1) is 24.9 Å². The normalized spacial score (nSPS) is 19.6. The third-order valence-corrected chi connectivity index (χ3v) is 4.65. The van der Waals surface area contributed by atoms with Crippen molar-refractivity contribution in [3.8, 4) is 5.75 Å². The maximum Gasteiger partial charge on any atom is 0.124 e. The third-order valence-electron chi connectivity index (χ3n) is 4.65. The van der Waals surface area contributed by atoms with Crippen LogP contribution in [0.5, 0.6) is 5.75 Å². The van der Waals surface area contributed by atoms with Crippen molar-refractivity contribution in [1.29, 1.82) is 0 Å². The van der Waals surface area contributed by atoms with Gasteiger partial charge in [-0.25, -0.2) is 0 Å². The maximum atomic E-state index is 10.2. The zero-order chi connectivity index (χ0) is 16.6. The largest absolute Gasteiger partial charge is 0.497 e. The Morgan fingerprint density at radius 3 is 2.74 bits per heavy atom. The van der Waals surface area contributed by atoms with Crippen molar-refractivity contribution in [1.82, 2.24) is 9.88 Å². The van der Waals surface area contributed by atoms with Gasteiger partial charge in [-0.3, -0.25) is 9.88 Å². The molecular weight excluding hydrogens is 290 g/mol. The van der Waals surface area contributed by atoms with E-state index in [9.17, 15) is 5.11 Å². The summed E-state index contributed by atoms with van der Waals surface area (Å²) in [5, 5.41) is 11.3. The fraction of sp³-hybridized carbons (Fsp3) is 0.500. The van der Waals surface area contributed by atoms with Gasteiger partial charge in [-0.2, -0.15) is 0 Å². The third kappa shape index (κ3) is 2.99. The van der Waals surface area contributed by atoms with Gasteiger partial charge in [-0.15, -0.1) is 0 Å². The molecule has 5 heteroatoms. The Bertz CT molecular complexity index is 702. The predicted molar refractivity (Wildman–Crippen MR) is 93.2 cm³/mol. The van der Waals surface area contributed by atoms with E-state index in [-0.39, 0.29) is 0 Å². The van der Waals surface area contributed by atoms with Gasteiger partial charge in [0, 0.05) is 30.7 Å². The van der Waals surface area contributed by atoms with Crippen LogP contribution in [0.4, 0.5) is 5.69 Å². The molecule has 1 unspecified atom stereocenters. The molecule has 1 aliphatic heterocycles. The molecule has 5 nitrogen and oxygen atoms in total. The van der Waals surface area contributed by atoms with Crippen LogP contribution < -0.4 is 9.64 Å². The summed E-state index contributed by atoms with van der Waals surface area (Å²) in [7, 11) is 3.63. The summed E-state index contributed by atoms with van der Waals surface area (Å²) >= 11 is 0. The number of aliphatic hydroxyl groups is 1. The summed E-state index contributed by atoms with van der Waals surface area (Å²) in [6.07, 6.45) is 1.42. The van der Waals surface area contributed by atoms with E-state index in [2.05, 4.69) is 35.9 Å². The molecule has 1 aromatic carbocycles. The minimum Gasteiger partial charge on any atom is -0.497 e. The van der Waals surface area contributed by atoms with E-state index >= 15 is 0 Å². The van der Waals surface area contributed by atoms with Crippen molar-refractivity contribution in [3.63, 3.8) is 0 Å². The van der Waals surface area contributed by atoms with Gasteiger partial charge in [0.25, 0.3) is 0 Å². The van der Waals surface area contributed by atoms with E-state index in [1.165, 1.54) is 5.56 Å². The Morgan fingerprint density at radius 2 is 2.09 bits per heavy atom. The molecule has 23 heavy (non-hydrogen) atoms. The van der Waals surface area contributed by atoms with E-state index < -0.39 is 6.23 Å². The SMILES string of the molecule is COc1cc(N2CCN(C)C(O)C2)c2nccc(C(C)C)c2c1. The second-order valence-electron chi connectivity index (χ2n) is 6.50. The number of pyridine rings is 1. The molecule has 1 atom stereocenters. The van der Waals surface area contributed by atoms with E-state index in [4.69, 9.17) is 4.74 Å². The number of piperazine rings is 1. The number of hydrogen-bond acceptors (Lipinski definition) is 5. The molecule has 124 valence electrons. The Kier molecular flexibility index (Phi) is 4.41. The number of β-amino-alcohol motifs (C(OH)–C–C–N with tert-alkyl or cyclic N) is 1. The quantitative estimate of drug-likeness (QED) is 0.943. The number of benzene rings is 1. The zero-order valence-electron chi connectivity index (χ0n) is 14.3. The van der Waals surface area contributed by atoms with Crippen molar-refractivity contribution < 1.29 is 9.84 Å². The monoisotopic (exact) mass is 315 g/mol. The van der Waals surface area contributed by atoms with Gasteiger partial charge < -0.3 is 14.7 Å². The van der Waals surface area contributed by atoms with Crippen LogP contribution in [0.25, 0.3) is 10.9 Å². The number of hydrogen-bond donors (Lipinski definition) is 1. The van der Waals surface area contributed by atoms with Crippen molar-refractivity contribution in [2.24, 2.45) is 0 Å². The molecule has 0 spiro atoms. The molecule has 0 aliphatic carbocycles. The van der Waals surface area contributed by atoms with Crippen LogP contribution in [-0.2, 0) is 0 Å². The Hall–Kier alpha value is -1.85. The molecule has 2 heterocycles. The molecule has 0 saturated carbocycles. The number of methoxy groups -OCH3 is 1. The summed E-state index contributed by atoms with van der Waals surface area (Å²) in [4.78, 5) is 8.79. The summed E-state index contributed by atoms with van der Waals surface area (Å²) in [6.45, 7) is 6.64. The molecule has 0 amide bonds. The number of aliphatic hydroxyl groups excluding tert-OH is 1. The molecule has 1 aliphatic rings. The topological polar surface area (TPSA) is 48.8 Å². The Balaban J connectivity index is 2.14. The van der Waals surface area contributed by atoms with Crippen LogP contribution >= 0.6 is 0 Å². The van der Waals surface area contributed by atoms with Crippen molar-refractivity contribution in [3.05, 3.63) is 30.0 Å². The molecule has 2 aromatic rings. The van der Waals surface area contributed by atoms with Crippen LogP contribution in [0, 0.1) is 0 Å². The van der Waals surface area contributed by atoms with Crippen LogP contribution in [-0.4, -0.2) is 55.0 Å². The molecule has 0 bridgehead atoms. The van der Waals surface area contributed by atoms with Crippen molar-refractivity contribution in [2.75, 3.05) is 38.7 Å². The number of likely N-dealkylation sites (N-methyl/N-ethyl adjacent to an activating group) is 1. The highest BCUT2D eigenvalue weighted by Crippen LogP contribution is 2.35. The fourth-order valence-electron chi connectivity index (χ4n) is 3.17. The lowest BCUT2D eigenvalue weighted by Crippen LogP contribution is -2.51. The average molecular weight is 315 g/mol. The van der Waals surface area contributed by atoms with Gasteiger partial charge in [-0.05, 0) is 30.7 Å². The molecule has 1 saturated heterocycles. The second kappa shape index (κ2) is 6.34. The lowest BCUT2D eigenvalue weighted by Gasteiger charge is -2.38. The van der Waals surface area contributed by atoms with Gasteiger partial charge in [-0.1, -0.05) is 13.8 Å². The number of aromatic nitrogens is 1. The van der Waals surface area contributed by atoms with E-state index in [0.29, 0.717) is 12.5 Å². The van der Waals surface area contributed by atoms with Crippen LogP contribution in [0.3, 0.4) is 0 Å². The predicted octanol–water partition coefficient (Wildman–Crippen LogP) is 2.44. The van der Waals surface area contributed by atoms with Crippen molar-refractivity contribution in [2.45, 2.75) is 26.0 Å². The first-order valence-corrected chi connectivity index (χ1v) is 8.11. The molecular formula is C18H25N3O2. The Morgan fingerprint density at radius 1 is 1.30 bits per heavy atom. The van der Waals surface area contributed by atoms with Gasteiger partial charge in [0.1, 0.15) is 12.0 Å². The van der Waals surface area contributed by atoms with Crippen LogP contribution in [0.1, 0.15) is 25.3 Å². The molecule has 3 rings (SSSR count). The molecule has 1 fully saturated rings. The minimum atomic E-state index is -0.460. The van der Waals surface area contributed by atoms with E-state index in [0.717, 1.165) is 35.4 Å². The highest BCUT2D eigenvalue weighted by molar-refractivity contribution is 5.94. The summed E-state index contributed by atoms with van der Waals surface area (Å²) in [6, 6.07) is 6.17. The smallest absolute Gasteiger partial charge is 0.124 e. The standard InChI is InChI=1S/C18H25N3O2/c1-12(2)14-5-6-19-18-15(14)9-13(23-4)10-16(18)21-8-7-20(3)17(22)11-21/h5-6,9-10,12,17,22H,7-8,11H2,1-4H3. The fourth-order valence-corrected chi connectivity index (χ4v) is 3.17. The number of nitrogens with zero attached hydrogens (tertiary/aromatic N) is 3. The lowest BCUT2D eigenvalue weighted by atomic mass is 9.98. The maximum absolute atomic E-state index is 10.2. The van der Waals surface area contributed by atoms with E-state index in [1.54, 1.807) is 7.11 Å². The first kappa shape index (κ1) is 16.0. The number of fused-ring (bicyclic) bond motifs is 1. The minimum absolute atomic E-state index is 0.415. The zero-order valence-corrected chi connectivity index (χ0v) is 14.3. The molecule has 0 radical (unpaired) electrons. The second-order valence-corrected chi connectivity index (χ2v) is 6.50. The average Bonchev–Trinajstić information content (AvgIpc) is 2.55. The van der Waals surface area contributed by atoms with Gasteiger partial charge in [0.15, 0.2) is 0 Å². The number of anilines is 1. The summed E-state index contributed by atoms with van der Waals surface area (Å²) in [5.74, 6) is 1.24. The summed E-state index contributed by atoms with van der Waals surface area (Å²) in [5.41, 5.74) is 3.28. The van der Waals surface area contributed by atoms with Gasteiger partial charge >= 0.3 is 0 Å². The Labute approximate surface area is 137 Å². The number of rotatable bonds is 3. The highest BCUT2D eigenvalue weighted by Gasteiger charge is 2.25.